The summed E-state index contributed by atoms with van der Waals surface area (Å²) in [6.07, 6.45) is 0.193. The van der Waals surface area contributed by atoms with E-state index in [0.29, 0.717) is 16.3 Å². The Hall–Kier alpha value is -1.68. The minimum atomic E-state index is -4.83. The fourth-order valence-corrected chi connectivity index (χ4v) is 5.32. The van der Waals surface area contributed by atoms with Crippen molar-refractivity contribution in [1.29, 1.82) is 0 Å². The summed E-state index contributed by atoms with van der Waals surface area (Å²) in [6.45, 7) is 0. The molecule has 2 N–H and O–H groups in total. The standard InChI is InChI=1S/C15H16F3N3O2S2/c16-15(17,18)14-13(9-19-20-14)25(22,23)21-11-7-3-4-8-12(11)24-10-5-1-2-6-10/h3-4,7-10,21H,1-2,5-6H2,(H,19,20). The van der Waals surface area contributed by atoms with Crippen LogP contribution >= 0.6 is 11.8 Å². The van der Waals surface area contributed by atoms with Crippen LogP contribution in [0.1, 0.15) is 31.4 Å². The second-order valence-electron chi connectivity index (χ2n) is 5.73. The van der Waals surface area contributed by atoms with Crippen molar-refractivity contribution in [2.75, 3.05) is 4.72 Å². The molecule has 136 valence electrons. The van der Waals surface area contributed by atoms with E-state index in [9.17, 15) is 21.6 Å². The number of anilines is 1. The lowest BCUT2D eigenvalue weighted by Crippen LogP contribution is -2.18. The summed E-state index contributed by atoms with van der Waals surface area (Å²) in [5.74, 6) is 0. The number of nitrogens with zero attached hydrogens (tertiary/aromatic N) is 1. The molecule has 1 aromatic heterocycles. The lowest BCUT2D eigenvalue weighted by Gasteiger charge is -2.15. The van der Waals surface area contributed by atoms with Gasteiger partial charge in [-0.2, -0.15) is 18.3 Å². The van der Waals surface area contributed by atoms with Crippen LogP contribution in [0, 0.1) is 0 Å². The molecule has 0 spiro atoms. The maximum Gasteiger partial charge on any atom is 0.434 e. The van der Waals surface area contributed by atoms with Crippen molar-refractivity contribution in [3.05, 3.63) is 36.2 Å². The first-order valence-electron chi connectivity index (χ1n) is 7.66. The molecule has 25 heavy (non-hydrogen) atoms. The maximum absolute atomic E-state index is 12.9. The molecule has 0 aliphatic heterocycles. The van der Waals surface area contributed by atoms with Crippen molar-refractivity contribution in [1.82, 2.24) is 10.2 Å². The number of halogens is 3. The number of hydrogen-bond acceptors (Lipinski definition) is 4. The third-order valence-corrected chi connectivity index (χ3v) is 6.70. The van der Waals surface area contributed by atoms with E-state index in [4.69, 9.17) is 0 Å². The summed E-state index contributed by atoms with van der Waals surface area (Å²) < 4.78 is 65.9. The molecule has 0 amide bonds. The second kappa shape index (κ2) is 6.91. The van der Waals surface area contributed by atoms with Crippen molar-refractivity contribution >= 4 is 27.5 Å². The quantitative estimate of drug-likeness (QED) is 0.798. The predicted molar refractivity (Wildman–Crippen MR) is 89.0 cm³/mol. The van der Waals surface area contributed by atoms with Gasteiger partial charge in [-0.15, -0.1) is 11.8 Å². The van der Waals surface area contributed by atoms with E-state index in [-0.39, 0.29) is 5.69 Å². The highest BCUT2D eigenvalue weighted by Gasteiger charge is 2.39. The van der Waals surface area contributed by atoms with Gasteiger partial charge in [0.2, 0.25) is 0 Å². The first-order valence-corrected chi connectivity index (χ1v) is 10.0. The fourth-order valence-electron chi connectivity index (χ4n) is 2.72. The first-order chi connectivity index (χ1) is 11.8. The monoisotopic (exact) mass is 391 g/mol. The van der Waals surface area contributed by atoms with E-state index in [1.807, 2.05) is 0 Å². The molecule has 0 radical (unpaired) electrons. The Morgan fingerprint density at radius 3 is 2.56 bits per heavy atom. The molecule has 1 heterocycles. The second-order valence-corrected chi connectivity index (χ2v) is 8.73. The highest BCUT2D eigenvalue weighted by Crippen LogP contribution is 2.39. The van der Waals surface area contributed by atoms with Gasteiger partial charge in [0.1, 0.15) is 4.90 Å². The van der Waals surface area contributed by atoms with Crippen LogP contribution in [-0.4, -0.2) is 23.9 Å². The van der Waals surface area contributed by atoms with E-state index in [1.54, 1.807) is 41.1 Å². The normalized spacial score (nSPS) is 16.3. The number of H-pyrrole nitrogens is 1. The van der Waals surface area contributed by atoms with Gasteiger partial charge in [0.05, 0.1) is 11.9 Å². The molecule has 1 aliphatic carbocycles. The molecule has 2 aromatic rings. The molecular weight excluding hydrogens is 375 g/mol. The molecule has 3 rings (SSSR count). The molecule has 0 atom stereocenters. The number of benzene rings is 1. The minimum absolute atomic E-state index is 0.272. The number of sulfonamides is 1. The Kier molecular flexibility index (Phi) is 5.01. The van der Waals surface area contributed by atoms with Gasteiger partial charge in [0.25, 0.3) is 10.0 Å². The van der Waals surface area contributed by atoms with E-state index in [1.165, 1.54) is 0 Å². The number of aromatic amines is 1. The third kappa shape index (κ3) is 4.12. The highest BCUT2D eigenvalue weighted by molar-refractivity contribution is 8.00. The number of para-hydroxylation sites is 1. The number of hydrogen-bond donors (Lipinski definition) is 2. The van der Waals surface area contributed by atoms with Gasteiger partial charge >= 0.3 is 6.18 Å². The van der Waals surface area contributed by atoms with Gasteiger partial charge in [-0.05, 0) is 25.0 Å². The zero-order chi connectivity index (χ0) is 18.1. The van der Waals surface area contributed by atoms with Crippen molar-refractivity contribution < 1.29 is 21.6 Å². The first kappa shape index (κ1) is 18.1. The third-order valence-electron chi connectivity index (χ3n) is 3.90. The number of alkyl halides is 3. The number of nitrogens with one attached hydrogen (secondary N) is 2. The summed E-state index contributed by atoms with van der Waals surface area (Å²) >= 11 is 1.55. The van der Waals surface area contributed by atoms with Crippen molar-refractivity contribution in [2.24, 2.45) is 0 Å². The van der Waals surface area contributed by atoms with Gasteiger partial charge in [-0.3, -0.25) is 9.82 Å². The van der Waals surface area contributed by atoms with Crippen molar-refractivity contribution in [3.8, 4) is 0 Å². The molecular formula is C15H16F3N3O2S2. The number of aromatic nitrogens is 2. The summed E-state index contributed by atoms with van der Waals surface area (Å²) in [6, 6.07) is 6.72. The molecule has 5 nitrogen and oxygen atoms in total. The lowest BCUT2D eigenvalue weighted by molar-refractivity contribution is -0.143. The van der Waals surface area contributed by atoms with Crippen LogP contribution in [0.3, 0.4) is 0 Å². The van der Waals surface area contributed by atoms with E-state index in [2.05, 4.69) is 9.82 Å². The van der Waals surface area contributed by atoms with Crippen LogP contribution < -0.4 is 4.72 Å². The molecule has 1 saturated carbocycles. The Morgan fingerprint density at radius 1 is 1.20 bits per heavy atom. The molecule has 0 saturated heterocycles. The Balaban J connectivity index is 1.88. The highest BCUT2D eigenvalue weighted by atomic mass is 32.2. The van der Waals surface area contributed by atoms with Crippen LogP contribution in [-0.2, 0) is 16.2 Å². The van der Waals surface area contributed by atoms with Gasteiger partial charge in [0, 0.05) is 10.1 Å². The van der Waals surface area contributed by atoms with Gasteiger partial charge < -0.3 is 0 Å². The van der Waals surface area contributed by atoms with Gasteiger partial charge in [-0.1, -0.05) is 25.0 Å². The molecule has 0 bridgehead atoms. The van der Waals surface area contributed by atoms with Crippen LogP contribution in [0.5, 0.6) is 0 Å². The van der Waals surface area contributed by atoms with Crippen LogP contribution in [0.25, 0.3) is 0 Å². The van der Waals surface area contributed by atoms with E-state index in [0.717, 1.165) is 25.7 Å². The van der Waals surface area contributed by atoms with Gasteiger partial charge in [0.15, 0.2) is 5.69 Å². The molecule has 1 aliphatic rings. The summed E-state index contributed by atoms with van der Waals surface area (Å²) in [7, 11) is -4.42. The van der Waals surface area contributed by atoms with E-state index < -0.39 is 26.8 Å². The minimum Gasteiger partial charge on any atom is -0.278 e. The summed E-state index contributed by atoms with van der Waals surface area (Å²) in [4.78, 5) is -0.212. The summed E-state index contributed by atoms with van der Waals surface area (Å²) in [5, 5.41) is 5.34. The SMILES string of the molecule is O=S(=O)(Nc1ccccc1SC1CCCC1)c1cn[nH]c1C(F)(F)F. The van der Waals surface area contributed by atoms with Gasteiger partial charge in [-0.25, -0.2) is 8.42 Å². The molecule has 1 aromatic carbocycles. The summed E-state index contributed by atoms with van der Waals surface area (Å²) in [5.41, 5.74) is -1.12. The number of rotatable bonds is 5. The molecule has 10 heteroatoms. The Bertz CT molecular complexity index is 844. The van der Waals surface area contributed by atoms with E-state index >= 15 is 0 Å². The fraction of sp³-hybridized carbons (Fsp3) is 0.400. The van der Waals surface area contributed by atoms with Crippen LogP contribution in [0.2, 0.25) is 0 Å². The smallest absolute Gasteiger partial charge is 0.278 e. The Morgan fingerprint density at radius 2 is 1.88 bits per heavy atom. The predicted octanol–water partition coefficient (Wildman–Crippen LogP) is 4.26. The Labute approximate surface area is 147 Å². The van der Waals surface area contributed by atoms with Crippen molar-refractivity contribution in [3.63, 3.8) is 0 Å². The topological polar surface area (TPSA) is 74.8 Å². The van der Waals surface area contributed by atoms with Crippen LogP contribution in [0.4, 0.5) is 18.9 Å². The zero-order valence-electron chi connectivity index (χ0n) is 13.0. The zero-order valence-corrected chi connectivity index (χ0v) is 14.6. The van der Waals surface area contributed by atoms with Crippen molar-refractivity contribution in [2.45, 2.75) is 46.9 Å². The largest absolute Gasteiger partial charge is 0.434 e. The molecule has 0 unspecified atom stereocenters. The average Bonchev–Trinajstić information content (AvgIpc) is 3.19. The lowest BCUT2D eigenvalue weighted by atomic mass is 10.3. The maximum atomic E-state index is 12.9. The number of thioether (sulfide) groups is 1. The van der Waals surface area contributed by atoms with Crippen LogP contribution in [0.15, 0.2) is 40.3 Å². The average molecular weight is 391 g/mol. The molecule has 1 fully saturated rings.